The van der Waals surface area contributed by atoms with Gasteiger partial charge in [0, 0.05) is 19.2 Å². The molecule has 1 aromatic heterocycles. The molecule has 0 bridgehead atoms. The van der Waals surface area contributed by atoms with Gasteiger partial charge in [0.2, 0.25) is 5.88 Å². The summed E-state index contributed by atoms with van der Waals surface area (Å²) in [5.74, 6) is -0.944. The van der Waals surface area contributed by atoms with Gasteiger partial charge in [-0.1, -0.05) is 0 Å². The maximum atomic E-state index is 12.9. The third kappa shape index (κ3) is 6.83. The number of aromatic nitrogens is 1. The molecule has 30 heavy (non-hydrogen) atoms. The van der Waals surface area contributed by atoms with Crippen molar-refractivity contribution in [2.45, 2.75) is 44.3 Å². The lowest BCUT2D eigenvalue weighted by atomic mass is 10.0. The average molecular weight is 453 g/mol. The van der Waals surface area contributed by atoms with Crippen LogP contribution in [0.4, 0.5) is 44.3 Å². The number of rotatable bonds is 7. The second-order valence-electron chi connectivity index (χ2n) is 6.74. The molecule has 14 heteroatoms. The Bertz CT molecular complexity index is 756. The Morgan fingerprint density at radius 3 is 2.17 bits per heavy atom. The van der Waals surface area contributed by atoms with Crippen molar-refractivity contribution in [3.8, 4) is 5.88 Å². The molecule has 0 unspecified atom stereocenters. The normalized spacial score (nSPS) is 16.2. The van der Waals surface area contributed by atoms with Gasteiger partial charge in [0.25, 0.3) is 0 Å². The highest BCUT2D eigenvalue weighted by Gasteiger charge is 2.62. The highest BCUT2D eigenvalue weighted by molar-refractivity contribution is 5.73. The molecule has 2 amide bonds. The summed E-state index contributed by atoms with van der Waals surface area (Å²) < 4.78 is 118. The quantitative estimate of drug-likeness (QED) is 0.595. The molecule has 1 fully saturated rings. The van der Waals surface area contributed by atoms with E-state index < -0.39 is 54.7 Å². The zero-order valence-corrected chi connectivity index (χ0v) is 15.1. The molecule has 2 rings (SSSR count). The number of hydrogen-bond donors (Lipinski definition) is 2. The van der Waals surface area contributed by atoms with Crippen LogP contribution in [-0.2, 0) is 12.7 Å². The Labute approximate surface area is 164 Å². The van der Waals surface area contributed by atoms with Crippen LogP contribution in [-0.4, -0.2) is 36.5 Å². The van der Waals surface area contributed by atoms with Gasteiger partial charge in [0.05, 0.1) is 5.41 Å². The van der Waals surface area contributed by atoms with E-state index in [0.29, 0.717) is 6.07 Å². The third-order valence-corrected chi connectivity index (χ3v) is 4.33. The zero-order chi connectivity index (χ0) is 22.8. The van der Waals surface area contributed by atoms with Crippen molar-refractivity contribution in [2.75, 3.05) is 13.2 Å². The number of hydrogen-bond acceptors (Lipinski definition) is 3. The van der Waals surface area contributed by atoms with Gasteiger partial charge in [-0.15, -0.1) is 0 Å². The summed E-state index contributed by atoms with van der Waals surface area (Å²) >= 11 is 0. The van der Waals surface area contributed by atoms with Crippen molar-refractivity contribution in [2.24, 2.45) is 5.41 Å². The van der Waals surface area contributed by atoms with Crippen LogP contribution in [0, 0.1) is 5.41 Å². The molecule has 0 saturated heterocycles. The van der Waals surface area contributed by atoms with Crippen molar-refractivity contribution in [3.63, 3.8) is 0 Å². The molecule has 2 N–H and O–H groups in total. The highest BCUT2D eigenvalue weighted by atomic mass is 19.4. The maximum absolute atomic E-state index is 12.9. The van der Waals surface area contributed by atoms with Crippen LogP contribution >= 0.6 is 0 Å². The molecule has 1 saturated carbocycles. The molecule has 1 heterocycles. The van der Waals surface area contributed by atoms with Gasteiger partial charge in [0.1, 0.15) is 5.69 Å². The van der Waals surface area contributed by atoms with Crippen molar-refractivity contribution in [1.29, 1.82) is 0 Å². The van der Waals surface area contributed by atoms with Crippen LogP contribution in [0.2, 0.25) is 0 Å². The van der Waals surface area contributed by atoms with E-state index in [2.05, 4.69) is 20.4 Å². The number of carbonyl (C=O) groups excluding carboxylic acids is 1. The van der Waals surface area contributed by atoms with Gasteiger partial charge in [-0.05, 0) is 30.9 Å². The van der Waals surface area contributed by atoms with E-state index >= 15 is 0 Å². The minimum atomic E-state index is -4.98. The van der Waals surface area contributed by atoms with E-state index in [1.165, 1.54) is 0 Å². The van der Waals surface area contributed by atoms with Crippen molar-refractivity contribution < 1.29 is 49.0 Å². The van der Waals surface area contributed by atoms with E-state index in [0.717, 1.165) is 6.07 Å². The lowest BCUT2D eigenvalue weighted by Gasteiger charge is -2.19. The van der Waals surface area contributed by atoms with Crippen molar-refractivity contribution in [1.82, 2.24) is 15.6 Å². The summed E-state index contributed by atoms with van der Waals surface area (Å²) in [5, 5.41) is 4.28. The standard InChI is InChI=1S/C16H16F9N3O2/c17-14(18,19)8-30-11-6-9(5-10(28-11)15(20,21)22)7-27-12(29)26-4-3-13(1-2-13)16(23,24)25/h5-6H,1-4,7-8H2,(H2,26,27,29). The summed E-state index contributed by atoms with van der Waals surface area (Å²) in [6.45, 7) is -2.73. The summed E-state index contributed by atoms with van der Waals surface area (Å²) in [4.78, 5) is 14.6. The maximum Gasteiger partial charge on any atom is 0.433 e. The van der Waals surface area contributed by atoms with E-state index in [4.69, 9.17) is 0 Å². The zero-order valence-electron chi connectivity index (χ0n) is 15.1. The van der Waals surface area contributed by atoms with Crippen molar-refractivity contribution >= 4 is 6.03 Å². The first-order chi connectivity index (χ1) is 13.6. The first kappa shape index (κ1) is 23.9. The molecule has 170 valence electrons. The molecule has 0 aliphatic heterocycles. The fourth-order valence-electron chi connectivity index (χ4n) is 2.52. The highest BCUT2D eigenvalue weighted by Crippen LogP contribution is 2.59. The SMILES string of the molecule is O=C(NCCC1(C(F)(F)F)CC1)NCc1cc(OCC(F)(F)F)nc(C(F)(F)F)c1. The predicted octanol–water partition coefficient (Wildman–Crippen LogP) is 4.57. The first-order valence-corrected chi connectivity index (χ1v) is 8.47. The molecular formula is C16H16F9N3O2. The second-order valence-corrected chi connectivity index (χ2v) is 6.74. The molecule has 5 nitrogen and oxygen atoms in total. The molecule has 1 aliphatic rings. The van der Waals surface area contributed by atoms with Crippen LogP contribution in [0.5, 0.6) is 5.88 Å². The Morgan fingerprint density at radius 2 is 1.67 bits per heavy atom. The summed E-state index contributed by atoms with van der Waals surface area (Å²) in [5.41, 5.74) is -3.61. The summed E-state index contributed by atoms with van der Waals surface area (Å²) in [6, 6.07) is 0.337. The average Bonchev–Trinajstić information content (AvgIpc) is 3.38. The van der Waals surface area contributed by atoms with Gasteiger partial charge >= 0.3 is 24.6 Å². The minimum Gasteiger partial charge on any atom is -0.468 e. The monoisotopic (exact) mass is 453 g/mol. The van der Waals surface area contributed by atoms with Crippen molar-refractivity contribution in [3.05, 3.63) is 23.4 Å². The first-order valence-electron chi connectivity index (χ1n) is 8.47. The van der Waals surface area contributed by atoms with E-state index in [9.17, 15) is 44.3 Å². The molecule has 1 aliphatic carbocycles. The van der Waals surface area contributed by atoms with Gasteiger partial charge < -0.3 is 15.4 Å². The lowest BCUT2D eigenvalue weighted by molar-refractivity contribution is -0.188. The number of carbonyl (C=O) groups is 1. The van der Waals surface area contributed by atoms with Gasteiger partial charge in [-0.2, -0.15) is 39.5 Å². The lowest BCUT2D eigenvalue weighted by Crippen LogP contribution is -2.38. The number of alkyl halides is 9. The Morgan fingerprint density at radius 1 is 1.03 bits per heavy atom. The van der Waals surface area contributed by atoms with Gasteiger partial charge in [0.15, 0.2) is 6.61 Å². The summed E-state index contributed by atoms with van der Waals surface area (Å²) in [7, 11) is 0. The van der Waals surface area contributed by atoms with Crippen LogP contribution in [0.3, 0.4) is 0 Å². The fourth-order valence-corrected chi connectivity index (χ4v) is 2.52. The van der Waals surface area contributed by atoms with Crippen LogP contribution < -0.4 is 15.4 Å². The number of nitrogens with zero attached hydrogens (tertiary/aromatic N) is 1. The Kier molecular flexibility index (Phi) is 6.66. The third-order valence-electron chi connectivity index (χ3n) is 4.33. The number of amides is 2. The minimum absolute atomic E-state index is 0.0439. The predicted molar refractivity (Wildman–Crippen MR) is 83.4 cm³/mol. The Hall–Kier alpha value is -2.41. The Balaban J connectivity index is 1.93. The number of halogens is 9. The van der Waals surface area contributed by atoms with Crippen LogP contribution in [0.15, 0.2) is 12.1 Å². The molecule has 0 atom stereocenters. The molecular weight excluding hydrogens is 437 g/mol. The number of urea groups is 1. The number of pyridine rings is 1. The number of ether oxygens (including phenoxy) is 1. The van der Waals surface area contributed by atoms with Crippen LogP contribution in [0.25, 0.3) is 0 Å². The largest absolute Gasteiger partial charge is 0.468 e. The van der Waals surface area contributed by atoms with Gasteiger partial charge in [-0.25, -0.2) is 9.78 Å². The topological polar surface area (TPSA) is 63.2 Å². The van der Waals surface area contributed by atoms with E-state index in [1.54, 1.807) is 0 Å². The van der Waals surface area contributed by atoms with Crippen LogP contribution in [0.1, 0.15) is 30.5 Å². The second kappa shape index (κ2) is 8.38. The molecule has 0 radical (unpaired) electrons. The summed E-state index contributed by atoms with van der Waals surface area (Å²) in [6.07, 6.45) is -14.6. The molecule has 0 aromatic carbocycles. The van der Waals surface area contributed by atoms with E-state index in [-0.39, 0.29) is 31.4 Å². The van der Waals surface area contributed by atoms with E-state index in [1.807, 2.05) is 0 Å². The van der Waals surface area contributed by atoms with Gasteiger partial charge in [-0.3, -0.25) is 0 Å². The fraction of sp³-hybridized carbons (Fsp3) is 0.625. The number of nitrogens with one attached hydrogen (secondary N) is 2. The smallest absolute Gasteiger partial charge is 0.433 e. The molecule has 0 spiro atoms. The molecule has 1 aromatic rings.